The number of nitrogens with one attached hydrogen (secondary N) is 2. The second-order valence-electron chi connectivity index (χ2n) is 6.86. The number of rotatable bonds is 14. The quantitative estimate of drug-likeness (QED) is 0.193. The molecule has 0 bridgehead atoms. The van der Waals surface area contributed by atoms with Crippen LogP contribution in [0.15, 0.2) is 58.8 Å². The van der Waals surface area contributed by atoms with Crippen molar-refractivity contribution in [2.24, 2.45) is 10.7 Å². The van der Waals surface area contributed by atoms with Crippen molar-refractivity contribution in [3.8, 4) is 0 Å². The average Bonchev–Trinajstić information content (AvgIpc) is 2.76. The molecule has 1 unspecified atom stereocenters. The zero-order chi connectivity index (χ0) is 23.9. The van der Waals surface area contributed by atoms with Crippen LogP contribution in [0.2, 0.25) is 10.0 Å². The molecule has 0 heterocycles. The fraction of sp³-hybridized carbons (Fsp3) is 0.435. The van der Waals surface area contributed by atoms with Gasteiger partial charge < -0.3 is 30.6 Å². The Hall–Kier alpha value is -2.19. The van der Waals surface area contributed by atoms with Gasteiger partial charge in [-0.05, 0) is 63.6 Å². The highest BCUT2D eigenvalue weighted by Crippen LogP contribution is 2.25. The predicted molar refractivity (Wildman–Crippen MR) is 134 cm³/mol. The smallest absolute Gasteiger partial charge is 0.115 e. The average molecular weight is 485 g/mol. The molecule has 1 aromatic carbocycles. The van der Waals surface area contributed by atoms with Gasteiger partial charge in [0.1, 0.15) is 25.2 Å². The molecule has 178 valence electrons. The summed E-state index contributed by atoms with van der Waals surface area (Å²) in [5.41, 5.74) is 8.20. The number of hydrogen-bond acceptors (Lipinski definition) is 7. The first kappa shape index (κ1) is 27.8. The molecule has 0 aromatic heterocycles. The van der Waals surface area contributed by atoms with E-state index in [-0.39, 0.29) is 6.10 Å². The van der Waals surface area contributed by atoms with Crippen molar-refractivity contribution in [1.29, 1.82) is 0 Å². The molecule has 0 amide bonds. The van der Waals surface area contributed by atoms with E-state index in [0.717, 1.165) is 28.6 Å². The van der Waals surface area contributed by atoms with Gasteiger partial charge >= 0.3 is 0 Å². The number of halogens is 2. The Bertz CT molecular complexity index is 839. The van der Waals surface area contributed by atoms with Crippen LogP contribution in [-0.2, 0) is 14.2 Å². The minimum absolute atomic E-state index is 0.120. The third-order valence-corrected chi connectivity index (χ3v) is 4.94. The third kappa shape index (κ3) is 10.9. The van der Waals surface area contributed by atoms with Crippen LogP contribution in [0.25, 0.3) is 0 Å². The maximum absolute atomic E-state index is 6.13. The maximum atomic E-state index is 6.13. The predicted octanol–water partition coefficient (Wildman–Crippen LogP) is 5.09. The minimum atomic E-state index is -0.120. The first-order chi connectivity index (χ1) is 15.3. The Labute approximate surface area is 201 Å². The lowest BCUT2D eigenvalue weighted by molar-refractivity contribution is 0.0143. The summed E-state index contributed by atoms with van der Waals surface area (Å²) in [6.45, 7) is 9.44. The minimum Gasteiger partial charge on any atom is -0.504 e. The normalized spacial score (nSPS) is 14.2. The summed E-state index contributed by atoms with van der Waals surface area (Å²) in [5, 5.41) is 7.55. The first-order valence-corrected chi connectivity index (χ1v) is 11.1. The van der Waals surface area contributed by atoms with E-state index in [9.17, 15) is 0 Å². The summed E-state index contributed by atoms with van der Waals surface area (Å²) in [5.74, 6) is 1.50. The van der Waals surface area contributed by atoms with Crippen LogP contribution in [0.4, 0.5) is 5.69 Å². The molecule has 0 aliphatic carbocycles. The van der Waals surface area contributed by atoms with Crippen molar-refractivity contribution in [3.63, 3.8) is 0 Å². The Morgan fingerprint density at radius 2 is 1.97 bits per heavy atom. The highest BCUT2D eigenvalue weighted by Gasteiger charge is 2.07. The molecular formula is C23H34Cl2N4O3. The van der Waals surface area contributed by atoms with Gasteiger partial charge in [-0.3, -0.25) is 4.99 Å². The number of methoxy groups -OCH3 is 1. The lowest BCUT2D eigenvalue weighted by atomic mass is 10.2. The molecule has 0 saturated heterocycles. The molecule has 0 aliphatic heterocycles. The van der Waals surface area contributed by atoms with Gasteiger partial charge in [-0.2, -0.15) is 0 Å². The topological polar surface area (TPSA) is 90.1 Å². The largest absolute Gasteiger partial charge is 0.504 e. The second kappa shape index (κ2) is 15.6. The number of ether oxygens (including phenoxy) is 3. The van der Waals surface area contributed by atoms with Crippen molar-refractivity contribution in [2.45, 2.75) is 33.8 Å². The number of nitrogens with two attached hydrogens (primary N) is 1. The number of aliphatic imine (C=N–C) groups is 1. The lowest BCUT2D eigenvalue weighted by Gasteiger charge is -2.16. The van der Waals surface area contributed by atoms with E-state index in [1.807, 2.05) is 45.9 Å². The Morgan fingerprint density at radius 3 is 2.59 bits per heavy atom. The molecular weight excluding hydrogens is 451 g/mol. The molecule has 9 heteroatoms. The number of anilines is 1. The lowest BCUT2D eigenvalue weighted by Crippen LogP contribution is -2.28. The van der Waals surface area contributed by atoms with Crippen molar-refractivity contribution in [1.82, 2.24) is 5.32 Å². The van der Waals surface area contributed by atoms with E-state index < -0.39 is 0 Å². The maximum Gasteiger partial charge on any atom is 0.115 e. The summed E-state index contributed by atoms with van der Waals surface area (Å²) in [4.78, 5) is 4.54. The van der Waals surface area contributed by atoms with Crippen LogP contribution < -0.4 is 16.4 Å². The van der Waals surface area contributed by atoms with Gasteiger partial charge in [0.05, 0.1) is 29.2 Å². The number of benzene rings is 1. The van der Waals surface area contributed by atoms with Crippen LogP contribution in [0.3, 0.4) is 0 Å². The van der Waals surface area contributed by atoms with Crippen LogP contribution in [0.5, 0.6) is 0 Å². The van der Waals surface area contributed by atoms with Crippen LogP contribution >= 0.6 is 23.2 Å². The van der Waals surface area contributed by atoms with E-state index in [1.165, 1.54) is 0 Å². The van der Waals surface area contributed by atoms with Gasteiger partial charge in [-0.15, -0.1) is 0 Å². The molecule has 0 saturated carbocycles. The SMILES string of the molecule is CCOC(CN)CO/C(C)=C/C(C)=N/CN/C(Nc1ccc(Cl)c(Cl)c1)=C(C)/C=C/OC. The summed E-state index contributed by atoms with van der Waals surface area (Å²) in [7, 11) is 1.60. The standard InChI is InChI=1S/C23H34Cl2N4O3/c1-6-31-20(13-26)14-32-18(4)11-17(3)27-15-28-23(16(2)9-10-30-5)29-19-7-8-21(24)22(25)12-19/h7-12,20,28-29H,6,13-15,26H2,1-5H3/b10-9+,18-11+,23-16-,27-17+. The van der Waals surface area contributed by atoms with Gasteiger partial charge in [0.2, 0.25) is 0 Å². The fourth-order valence-electron chi connectivity index (χ4n) is 2.52. The van der Waals surface area contributed by atoms with Crippen LogP contribution in [-0.4, -0.2) is 45.4 Å². The molecule has 4 N–H and O–H groups in total. The molecule has 0 spiro atoms. The van der Waals surface area contributed by atoms with Gasteiger partial charge in [0.15, 0.2) is 0 Å². The van der Waals surface area contributed by atoms with Crippen LogP contribution in [0, 0.1) is 0 Å². The van der Waals surface area contributed by atoms with E-state index in [1.54, 1.807) is 25.5 Å². The number of hydrogen-bond donors (Lipinski definition) is 3. The van der Waals surface area contributed by atoms with Gasteiger partial charge in [-0.25, -0.2) is 0 Å². The Balaban J connectivity index is 2.80. The Kier molecular flexibility index (Phi) is 13.6. The zero-order valence-electron chi connectivity index (χ0n) is 19.4. The Morgan fingerprint density at radius 1 is 1.22 bits per heavy atom. The number of nitrogens with zero attached hydrogens (tertiary/aromatic N) is 1. The van der Waals surface area contributed by atoms with Gasteiger partial charge in [0, 0.05) is 24.6 Å². The zero-order valence-corrected chi connectivity index (χ0v) is 20.9. The van der Waals surface area contributed by atoms with E-state index in [2.05, 4.69) is 15.6 Å². The highest BCUT2D eigenvalue weighted by atomic mass is 35.5. The number of allylic oxidation sites excluding steroid dienone is 4. The summed E-state index contributed by atoms with van der Waals surface area (Å²) < 4.78 is 16.2. The molecule has 1 rings (SSSR count). The highest BCUT2D eigenvalue weighted by molar-refractivity contribution is 6.42. The van der Waals surface area contributed by atoms with E-state index >= 15 is 0 Å². The molecule has 0 fully saturated rings. The molecule has 0 radical (unpaired) electrons. The first-order valence-electron chi connectivity index (χ1n) is 10.3. The van der Waals surface area contributed by atoms with Crippen molar-refractivity contribution in [3.05, 3.63) is 63.8 Å². The molecule has 1 aromatic rings. The van der Waals surface area contributed by atoms with Crippen molar-refractivity contribution in [2.75, 3.05) is 38.9 Å². The second-order valence-corrected chi connectivity index (χ2v) is 7.68. The van der Waals surface area contributed by atoms with Crippen molar-refractivity contribution < 1.29 is 14.2 Å². The summed E-state index contributed by atoms with van der Waals surface area (Å²) >= 11 is 12.1. The monoisotopic (exact) mass is 484 g/mol. The van der Waals surface area contributed by atoms with Crippen molar-refractivity contribution >= 4 is 34.6 Å². The third-order valence-electron chi connectivity index (χ3n) is 4.20. The fourth-order valence-corrected chi connectivity index (χ4v) is 2.82. The van der Waals surface area contributed by atoms with Gasteiger partial charge in [-0.1, -0.05) is 23.2 Å². The molecule has 7 nitrogen and oxygen atoms in total. The molecule has 1 atom stereocenters. The van der Waals surface area contributed by atoms with Crippen LogP contribution in [0.1, 0.15) is 27.7 Å². The molecule has 32 heavy (non-hydrogen) atoms. The van der Waals surface area contributed by atoms with Gasteiger partial charge in [0.25, 0.3) is 0 Å². The summed E-state index contributed by atoms with van der Waals surface area (Å²) in [6, 6.07) is 5.34. The van der Waals surface area contributed by atoms with E-state index in [4.69, 9.17) is 43.1 Å². The summed E-state index contributed by atoms with van der Waals surface area (Å²) in [6.07, 6.45) is 5.19. The van der Waals surface area contributed by atoms with E-state index in [0.29, 0.717) is 36.5 Å². The molecule has 0 aliphatic rings.